The second-order valence-electron chi connectivity index (χ2n) is 6.44. The Bertz CT molecular complexity index is 1240. The van der Waals surface area contributed by atoms with Crippen molar-refractivity contribution < 1.29 is 4.42 Å². The molecule has 0 saturated heterocycles. The molecule has 0 aliphatic rings. The highest BCUT2D eigenvalue weighted by Gasteiger charge is 2.11. The Morgan fingerprint density at radius 3 is 2.31 bits per heavy atom. The van der Waals surface area contributed by atoms with Crippen molar-refractivity contribution in [1.29, 1.82) is 0 Å². The number of furan rings is 1. The zero-order valence-electron chi connectivity index (χ0n) is 14.4. The van der Waals surface area contributed by atoms with Crippen LogP contribution in [-0.4, -0.2) is 4.98 Å². The molecule has 3 aromatic carbocycles. The van der Waals surface area contributed by atoms with E-state index in [2.05, 4.69) is 47.4 Å². The summed E-state index contributed by atoms with van der Waals surface area (Å²) in [4.78, 5) is 4.41. The van der Waals surface area contributed by atoms with Gasteiger partial charge in [-0.15, -0.1) is 0 Å². The number of aromatic nitrogens is 1. The van der Waals surface area contributed by atoms with Crippen LogP contribution in [0.25, 0.3) is 44.2 Å². The van der Waals surface area contributed by atoms with Crippen LogP contribution in [0.2, 0.25) is 0 Å². The van der Waals surface area contributed by atoms with Crippen molar-refractivity contribution in [2.24, 2.45) is 0 Å². The SMILES string of the molecule is Cc1ncccc1-c1ccc2oc3ccc(-c4[c]cccc4)cc3c2c1. The van der Waals surface area contributed by atoms with E-state index >= 15 is 0 Å². The lowest BCUT2D eigenvalue weighted by Crippen LogP contribution is -1.86. The van der Waals surface area contributed by atoms with Crippen LogP contribution < -0.4 is 0 Å². The molecule has 123 valence electrons. The van der Waals surface area contributed by atoms with Gasteiger partial charge in [-0.2, -0.15) is 0 Å². The molecule has 0 spiro atoms. The Labute approximate surface area is 151 Å². The van der Waals surface area contributed by atoms with Crippen molar-refractivity contribution in [2.45, 2.75) is 6.92 Å². The summed E-state index contributed by atoms with van der Waals surface area (Å²) >= 11 is 0. The van der Waals surface area contributed by atoms with Gasteiger partial charge in [-0.05, 0) is 60.0 Å². The van der Waals surface area contributed by atoms with Crippen molar-refractivity contribution >= 4 is 21.9 Å². The van der Waals surface area contributed by atoms with Crippen LogP contribution in [0.4, 0.5) is 0 Å². The van der Waals surface area contributed by atoms with Crippen molar-refractivity contribution in [1.82, 2.24) is 4.98 Å². The summed E-state index contributed by atoms with van der Waals surface area (Å²) in [6.45, 7) is 2.04. The lowest BCUT2D eigenvalue weighted by Gasteiger charge is -2.05. The molecule has 0 N–H and O–H groups in total. The largest absolute Gasteiger partial charge is 0.456 e. The summed E-state index contributed by atoms with van der Waals surface area (Å²) < 4.78 is 6.04. The first-order valence-electron chi connectivity index (χ1n) is 8.65. The third-order valence-electron chi connectivity index (χ3n) is 4.81. The quantitative estimate of drug-likeness (QED) is 0.372. The van der Waals surface area contributed by atoms with Gasteiger partial charge in [0.05, 0.1) is 0 Å². The maximum absolute atomic E-state index is 6.04. The minimum atomic E-state index is 0.902. The number of benzene rings is 3. The monoisotopic (exact) mass is 334 g/mol. The molecule has 0 saturated carbocycles. The summed E-state index contributed by atoms with van der Waals surface area (Å²) in [6, 6.07) is 28.1. The molecule has 0 atom stereocenters. The van der Waals surface area contributed by atoms with E-state index in [9.17, 15) is 0 Å². The minimum absolute atomic E-state index is 0.902. The molecule has 0 unspecified atom stereocenters. The number of pyridine rings is 1. The molecule has 5 rings (SSSR count). The number of hydrogen-bond donors (Lipinski definition) is 0. The van der Waals surface area contributed by atoms with Crippen LogP contribution in [0.5, 0.6) is 0 Å². The van der Waals surface area contributed by atoms with E-state index in [0.29, 0.717) is 0 Å². The maximum atomic E-state index is 6.04. The smallest absolute Gasteiger partial charge is 0.135 e. The first-order chi connectivity index (χ1) is 12.8. The average molecular weight is 334 g/mol. The number of fused-ring (bicyclic) bond motifs is 3. The highest BCUT2D eigenvalue weighted by atomic mass is 16.3. The van der Waals surface area contributed by atoms with Gasteiger partial charge in [-0.1, -0.05) is 42.5 Å². The molecule has 0 aliphatic carbocycles. The molecule has 0 bridgehead atoms. The number of aryl methyl sites for hydroxylation is 1. The first kappa shape index (κ1) is 14.9. The summed E-state index contributed by atoms with van der Waals surface area (Å²) in [7, 11) is 0. The number of hydrogen-bond acceptors (Lipinski definition) is 2. The Morgan fingerprint density at radius 1 is 0.808 bits per heavy atom. The highest BCUT2D eigenvalue weighted by molar-refractivity contribution is 6.07. The summed E-state index contributed by atoms with van der Waals surface area (Å²) in [5, 5.41) is 2.25. The third-order valence-corrected chi connectivity index (χ3v) is 4.81. The number of nitrogens with zero attached hydrogens (tertiary/aromatic N) is 1. The van der Waals surface area contributed by atoms with E-state index in [1.54, 1.807) is 0 Å². The van der Waals surface area contributed by atoms with E-state index < -0.39 is 0 Å². The maximum Gasteiger partial charge on any atom is 0.135 e. The first-order valence-corrected chi connectivity index (χ1v) is 8.65. The minimum Gasteiger partial charge on any atom is -0.456 e. The van der Waals surface area contributed by atoms with E-state index in [-0.39, 0.29) is 0 Å². The van der Waals surface area contributed by atoms with Gasteiger partial charge in [0.1, 0.15) is 11.2 Å². The lowest BCUT2D eigenvalue weighted by atomic mass is 10.00. The summed E-state index contributed by atoms with van der Waals surface area (Å²) in [6.07, 6.45) is 1.83. The number of rotatable bonds is 2. The molecule has 26 heavy (non-hydrogen) atoms. The molecule has 1 radical (unpaired) electrons. The third kappa shape index (κ3) is 2.39. The van der Waals surface area contributed by atoms with Crippen LogP contribution in [0.3, 0.4) is 0 Å². The van der Waals surface area contributed by atoms with E-state index in [0.717, 1.165) is 49.9 Å². The van der Waals surface area contributed by atoms with Crippen molar-refractivity contribution in [2.75, 3.05) is 0 Å². The molecular weight excluding hydrogens is 318 g/mol. The normalized spacial score (nSPS) is 11.3. The topological polar surface area (TPSA) is 26.0 Å². The standard InChI is InChI=1S/C24H16NO/c1-16-20(8-5-13-25-16)19-10-12-24-22(15-19)21-14-18(9-11-23(21)26-24)17-6-3-2-4-7-17/h2-6,8-15H,1H3. The fraction of sp³-hybridized carbons (Fsp3) is 0.0417. The van der Waals surface area contributed by atoms with E-state index in [4.69, 9.17) is 4.42 Å². The molecule has 0 fully saturated rings. The van der Waals surface area contributed by atoms with Gasteiger partial charge >= 0.3 is 0 Å². The molecule has 5 aromatic rings. The molecule has 0 aliphatic heterocycles. The second kappa shape index (κ2) is 5.85. The van der Waals surface area contributed by atoms with Gasteiger partial charge in [0.25, 0.3) is 0 Å². The zero-order valence-corrected chi connectivity index (χ0v) is 14.4. The summed E-state index contributed by atoms with van der Waals surface area (Å²) in [5.41, 5.74) is 7.36. The predicted molar refractivity (Wildman–Crippen MR) is 106 cm³/mol. The van der Waals surface area contributed by atoms with Gasteiger partial charge < -0.3 is 4.42 Å². The van der Waals surface area contributed by atoms with Gasteiger partial charge in [0, 0.05) is 28.2 Å². The summed E-state index contributed by atoms with van der Waals surface area (Å²) in [5.74, 6) is 0. The van der Waals surface area contributed by atoms with E-state index in [1.165, 1.54) is 0 Å². The fourth-order valence-corrected chi connectivity index (χ4v) is 3.47. The lowest BCUT2D eigenvalue weighted by molar-refractivity contribution is 0.669. The fourth-order valence-electron chi connectivity index (χ4n) is 3.47. The van der Waals surface area contributed by atoms with Crippen LogP contribution in [-0.2, 0) is 0 Å². The Kier molecular flexibility index (Phi) is 3.36. The highest BCUT2D eigenvalue weighted by Crippen LogP contribution is 2.35. The molecule has 2 aromatic heterocycles. The van der Waals surface area contributed by atoms with Crippen molar-refractivity contribution in [3.8, 4) is 22.3 Å². The van der Waals surface area contributed by atoms with Gasteiger partial charge in [-0.25, -0.2) is 0 Å². The van der Waals surface area contributed by atoms with Crippen LogP contribution in [0.1, 0.15) is 5.69 Å². The van der Waals surface area contributed by atoms with Crippen LogP contribution >= 0.6 is 0 Å². The van der Waals surface area contributed by atoms with Gasteiger partial charge in [-0.3, -0.25) is 4.98 Å². The molecule has 2 heterocycles. The molecule has 2 nitrogen and oxygen atoms in total. The van der Waals surface area contributed by atoms with Crippen molar-refractivity contribution in [3.05, 3.63) is 90.8 Å². The second-order valence-corrected chi connectivity index (χ2v) is 6.44. The molecule has 0 amide bonds. The average Bonchev–Trinajstić information content (AvgIpc) is 3.06. The zero-order chi connectivity index (χ0) is 17.5. The van der Waals surface area contributed by atoms with Gasteiger partial charge in [0.2, 0.25) is 0 Å². The molecule has 2 heteroatoms. The Hall–Kier alpha value is -3.39. The van der Waals surface area contributed by atoms with Crippen LogP contribution in [0, 0.1) is 13.0 Å². The Balaban J connectivity index is 1.74. The van der Waals surface area contributed by atoms with Gasteiger partial charge in [0.15, 0.2) is 0 Å². The predicted octanol–water partition coefficient (Wildman–Crippen LogP) is 6.42. The van der Waals surface area contributed by atoms with Crippen LogP contribution in [0.15, 0.2) is 83.4 Å². The molecular formula is C24H16NO. The van der Waals surface area contributed by atoms with E-state index in [1.807, 2.05) is 49.5 Å². The van der Waals surface area contributed by atoms with Crippen molar-refractivity contribution in [3.63, 3.8) is 0 Å². The Morgan fingerprint density at radius 2 is 1.58 bits per heavy atom.